The van der Waals surface area contributed by atoms with Crippen LogP contribution in [0.15, 0.2) is 0 Å². The van der Waals surface area contributed by atoms with Gasteiger partial charge < -0.3 is 20.2 Å². The van der Waals surface area contributed by atoms with Crippen LogP contribution in [0.25, 0.3) is 0 Å². The second-order valence-corrected chi connectivity index (χ2v) is 5.26. The zero-order chi connectivity index (χ0) is 15.2. The average Bonchev–Trinajstić information content (AvgIpc) is 2.27. The molecule has 0 aliphatic carbocycles. The highest BCUT2D eigenvalue weighted by Gasteiger charge is 2.25. The van der Waals surface area contributed by atoms with Gasteiger partial charge in [-0.1, -0.05) is 0 Å². The van der Waals surface area contributed by atoms with Gasteiger partial charge in [-0.15, -0.1) is 0 Å². The smallest absolute Gasteiger partial charge is 0.317 e. The van der Waals surface area contributed by atoms with Crippen molar-refractivity contribution in [2.24, 2.45) is 5.92 Å². The molecule has 0 aliphatic heterocycles. The van der Waals surface area contributed by atoms with Crippen LogP contribution in [0.4, 0.5) is 4.79 Å². The molecular weight excluding hydrogens is 246 g/mol. The Labute approximate surface area is 115 Å². The number of hydrogen-bond donors (Lipinski definition) is 2. The Bertz CT molecular complexity index is 308. The predicted molar refractivity (Wildman–Crippen MR) is 75.2 cm³/mol. The third-order valence-electron chi connectivity index (χ3n) is 3.25. The zero-order valence-electron chi connectivity index (χ0n) is 12.8. The summed E-state index contributed by atoms with van der Waals surface area (Å²) in [6.07, 6.45) is 0. The molecule has 2 N–H and O–H groups in total. The molecule has 0 aliphatic rings. The summed E-state index contributed by atoms with van der Waals surface area (Å²) >= 11 is 0. The minimum Gasteiger partial charge on any atom is -0.481 e. The van der Waals surface area contributed by atoms with Crippen LogP contribution in [0.5, 0.6) is 0 Å². The summed E-state index contributed by atoms with van der Waals surface area (Å²) in [4.78, 5) is 26.7. The van der Waals surface area contributed by atoms with Crippen molar-refractivity contribution in [3.8, 4) is 0 Å². The molecule has 0 bridgehead atoms. The van der Waals surface area contributed by atoms with Gasteiger partial charge >= 0.3 is 12.0 Å². The predicted octanol–water partition coefficient (Wildman–Crippen LogP) is 1.08. The van der Waals surface area contributed by atoms with E-state index >= 15 is 0 Å². The highest BCUT2D eigenvalue weighted by molar-refractivity contribution is 5.76. The van der Waals surface area contributed by atoms with E-state index in [-0.39, 0.29) is 12.1 Å². The molecule has 0 spiro atoms. The number of nitrogens with one attached hydrogen (secondary N) is 1. The Morgan fingerprint density at radius 1 is 1.21 bits per heavy atom. The summed E-state index contributed by atoms with van der Waals surface area (Å²) in [5.41, 5.74) is 0. The molecule has 0 rings (SSSR count). The highest BCUT2D eigenvalue weighted by Crippen LogP contribution is 2.06. The average molecular weight is 273 g/mol. The van der Waals surface area contributed by atoms with E-state index in [0.717, 1.165) is 6.54 Å². The third kappa shape index (κ3) is 5.92. The quantitative estimate of drug-likeness (QED) is 0.728. The van der Waals surface area contributed by atoms with E-state index in [1.807, 2.05) is 32.8 Å². The maximum atomic E-state index is 12.1. The Hall–Kier alpha value is -1.30. The second-order valence-electron chi connectivity index (χ2n) is 5.26. The first-order valence-corrected chi connectivity index (χ1v) is 6.65. The molecule has 0 saturated carbocycles. The minimum absolute atomic E-state index is 0.0762. The highest BCUT2D eigenvalue weighted by atomic mass is 16.4. The van der Waals surface area contributed by atoms with E-state index in [2.05, 4.69) is 5.32 Å². The molecule has 0 aromatic rings. The van der Waals surface area contributed by atoms with Gasteiger partial charge in [-0.25, -0.2) is 4.79 Å². The van der Waals surface area contributed by atoms with Crippen molar-refractivity contribution in [1.82, 2.24) is 15.1 Å². The topological polar surface area (TPSA) is 72.9 Å². The SMILES string of the molecule is CCN(C(=O)NC(C)C(C)C(=O)O)C(C)CN(C)C. The van der Waals surface area contributed by atoms with Crippen LogP contribution in [0.1, 0.15) is 27.7 Å². The van der Waals surface area contributed by atoms with E-state index in [1.54, 1.807) is 18.7 Å². The molecule has 6 heteroatoms. The van der Waals surface area contributed by atoms with E-state index in [0.29, 0.717) is 6.54 Å². The normalized spacial score (nSPS) is 15.7. The van der Waals surface area contributed by atoms with Crippen molar-refractivity contribution in [2.45, 2.75) is 39.8 Å². The fourth-order valence-electron chi connectivity index (χ4n) is 1.90. The maximum Gasteiger partial charge on any atom is 0.317 e. The van der Waals surface area contributed by atoms with Gasteiger partial charge in [0.25, 0.3) is 0 Å². The summed E-state index contributed by atoms with van der Waals surface area (Å²) in [6.45, 7) is 8.55. The van der Waals surface area contributed by atoms with Crippen LogP contribution in [0.2, 0.25) is 0 Å². The maximum absolute atomic E-state index is 12.1. The molecule has 112 valence electrons. The third-order valence-corrected chi connectivity index (χ3v) is 3.25. The molecule has 19 heavy (non-hydrogen) atoms. The molecule has 3 atom stereocenters. The molecule has 0 aromatic heterocycles. The fourth-order valence-corrected chi connectivity index (χ4v) is 1.90. The lowest BCUT2D eigenvalue weighted by molar-refractivity contribution is -0.141. The van der Waals surface area contributed by atoms with Crippen LogP contribution in [-0.2, 0) is 4.79 Å². The van der Waals surface area contributed by atoms with Gasteiger partial charge in [0.1, 0.15) is 0 Å². The van der Waals surface area contributed by atoms with E-state index in [1.165, 1.54) is 0 Å². The molecule has 6 nitrogen and oxygen atoms in total. The molecular formula is C13H27N3O3. The van der Waals surface area contributed by atoms with Crippen molar-refractivity contribution >= 4 is 12.0 Å². The van der Waals surface area contributed by atoms with Crippen molar-refractivity contribution in [3.05, 3.63) is 0 Å². The minimum atomic E-state index is -0.905. The Morgan fingerprint density at radius 3 is 2.11 bits per heavy atom. The van der Waals surface area contributed by atoms with Crippen LogP contribution >= 0.6 is 0 Å². The van der Waals surface area contributed by atoms with E-state index < -0.39 is 17.9 Å². The summed E-state index contributed by atoms with van der Waals surface area (Å²) < 4.78 is 0. The van der Waals surface area contributed by atoms with Gasteiger partial charge in [-0.3, -0.25) is 4.79 Å². The van der Waals surface area contributed by atoms with Crippen molar-refractivity contribution < 1.29 is 14.7 Å². The van der Waals surface area contributed by atoms with Crippen LogP contribution in [-0.4, -0.2) is 66.2 Å². The van der Waals surface area contributed by atoms with Crippen molar-refractivity contribution in [3.63, 3.8) is 0 Å². The van der Waals surface area contributed by atoms with Crippen LogP contribution < -0.4 is 5.32 Å². The number of carboxylic acid groups (broad SMARTS) is 1. The Kier molecular flexibility index (Phi) is 7.44. The first-order chi connectivity index (χ1) is 8.70. The van der Waals surface area contributed by atoms with Gasteiger partial charge in [-0.2, -0.15) is 0 Å². The molecule has 0 heterocycles. The van der Waals surface area contributed by atoms with Crippen molar-refractivity contribution in [1.29, 1.82) is 0 Å². The van der Waals surface area contributed by atoms with Crippen molar-refractivity contribution in [2.75, 3.05) is 27.2 Å². The largest absolute Gasteiger partial charge is 0.481 e. The summed E-state index contributed by atoms with van der Waals surface area (Å²) in [5.74, 6) is -1.51. The molecule has 0 radical (unpaired) electrons. The fraction of sp³-hybridized carbons (Fsp3) is 0.846. The van der Waals surface area contributed by atoms with Gasteiger partial charge in [0.2, 0.25) is 0 Å². The number of urea groups is 1. The number of nitrogens with zero attached hydrogens (tertiary/aromatic N) is 2. The van der Waals surface area contributed by atoms with Gasteiger partial charge in [0.15, 0.2) is 0 Å². The first kappa shape index (κ1) is 17.7. The lowest BCUT2D eigenvalue weighted by Crippen LogP contribution is -2.52. The van der Waals surface area contributed by atoms with Gasteiger partial charge in [-0.05, 0) is 41.8 Å². The lowest BCUT2D eigenvalue weighted by Gasteiger charge is -2.31. The standard InChI is InChI=1S/C13H27N3O3/c1-7-16(9(2)8-15(5)6)13(19)14-11(4)10(3)12(17)18/h9-11H,7-8H2,1-6H3,(H,14,19)(H,17,18). The molecule has 0 saturated heterocycles. The second kappa shape index (κ2) is 7.99. The van der Waals surface area contributed by atoms with Crippen LogP contribution in [0, 0.1) is 5.92 Å². The molecule has 0 fully saturated rings. The van der Waals surface area contributed by atoms with E-state index in [4.69, 9.17) is 5.11 Å². The number of carbonyl (C=O) groups excluding carboxylic acids is 1. The van der Waals surface area contributed by atoms with Crippen LogP contribution in [0.3, 0.4) is 0 Å². The first-order valence-electron chi connectivity index (χ1n) is 6.65. The Balaban J connectivity index is 4.55. The van der Waals surface area contributed by atoms with Gasteiger partial charge in [0, 0.05) is 25.2 Å². The number of aliphatic carboxylic acids is 1. The zero-order valence-corrected chi connectivity index (χ0v) is 12.8. The number of carboxylic acids is 1. The number of amides is 2. The summed E-state index contributed by atoms with van der Waals surface area (Å²) in [5, 5.41) is 11.7. The monoisotopic (exact) mass is 273 g/mol. The molecule has 3 unspecified atom stereocenters. The number of carbonyl (C=O) groups is 2. The number of rotatable bonds is 7. The Morgan fingerprint density at radius 2 is 1.74 bits per heavy atom. The summed E-state index contributed by atoms with van der Waals surface area (Å²) in [6, 6.07) is -0.532. The summed E-state index contributed by atoms with van der Waals surface area (Å²) in [7, 11) is 3.91. The molecule has 0 aromatic carbocycles. The number of likely N-dealkylation sites (N-methyl/N-ethyl adjacent to an activating group) is 2. The van der Waals surface area contributed by atoms with Gasteiger partial charge in [0.05, 0.1) is 5.92 Å². The molecule has 2 amide bonds. The lowest BCUT2D eigenvalue weighted by atomic mass is 10.0. The van der Waals surface area contributed by atoms with E-state index in [9.17, 15) is 9.59 Å². The number of hydrogen-bond acceptors (Lipinski definition) is 3.